The van der Waals surface area contributed by atoms with Crippen LogP contribution >= 0.6 is 11.6 Å². The number of rotatable bonds is 5. The number of halogens is 1. The fourth-order valence-corrected chi connectivity index (χ4v) is 2.30. The van der Waals surface area contributed by atoms with Gasteiger partial charge in [0.05, 0.1) is 0 Å². The van der Waals surface area contributed by atoms with Crippen LogP contribution in [-0.2, 0) is 13.0 Å². The Hall–Kier alpha value is -1.74. The van der Waals surface area contributed by atoms with E-state index in [-0.39, 0.29) is 0 Å². The summed E-state index contributed by atoms with van der Waals surface area (Å²) >= 11 is 6.02. The molecule has 100 valence electrons. The zero-order valence-electron chi connectivity index (χ0n) is 11.1. The highest BCUT2D eigenvalue weighted by atomic mass is 35.5. The van der Waals surface area contributed by atoms with Crippen molar-refractivity contribution in [2.45, 2.75) is 26.3 Å². The summed E-state index contributed by atoms with van der Waals surface area (Å²) in [4.78, 5) is 4.66. The van der Waals surface area contributed by atoms with E-state index < -0.39 is 0 Å². The maximum atomic E-state index is 6.21. The molecular formula is C15H18ClN3. The number of hydrogen-bond acceptors (Lipinski definition) is 2. The van der Waals surface area contributed by atoms with Gasteiger partial charge in [0, 0.05) is 23.6 Å². The molecule has 0 amide bonds. The molecule has 0 aliphatic carbocycles. The molecule has 1 heterocycles. The zero-order chi connectivity index (χ0) is 13.8. The van der Waals surface area contributed by atoms with Crippen LogP contribution in [0.2, 0.25) is 5.02 Å². The van der Waals surface area contributed by atoms with Gasteiger partial charge in [0.25, 0.3) is 0 Å². The third kappa shape index (κ3) is 2.82. The fraction of sp³-hybridized carbons (Fsp3) is 0.267. The monoisotopic (exact) mass is 275 g/mol. The highest BCUT2D eigenvalue weighted by Crippen LogP contribution is 2.28. The van der Waals surface area contributed by atoms with E-state index in [9.17, 15) is 0 Å². The van der Waals surface area contributed by atoms with Crippen LogP contribution in [0.1, 0.15) is 19.2 Å². The normalized spacial score (nSPS) is 10.6. The van der Waals surface area contributed by atoms with Crippen LogP contribution in [0.15, 0.2) is 36.9 Å². The lowest BCUT2D eigenvalue weighted by atomic mass is 10.1. The van der Waals surface area contributed by atoms with Crippen LogP contribution < -0.4 is 5.73 Å². The van der Waals surface area contributed by atoms with E-state index in [2.05, 4.69) is 18.5 Å². The molecule has 2 aromatic rings. The number of aromatic nitrogens is 2. The molecule has 1 aromatic heterocycles. The third-order valence-electron chi connectivity index (χ3n) is 2.97. The quantitative estimate of drug-likeness (QED) is 0.841. The van der Waals surface area contributed by atoms with E-state index in [0.717, 1.165) is 29.9 Å². The summed E-state index contributed by atoms with van der Waals surface area (Å²) in [7, 11) is 0. The molecule has 4 heteroatoms. The number of hydrogen-bond donors (Lipinski definition) is 1. The van der Waals surface area contributed by atoms with Gasteiger partial charge in [-0.15, -0.1) is 6.58 Å². The van der Waals surface area contributed by atoms with Gasteiger partial charge in [0.2, 0.25) is 0 Å². The first kappa shape index (κ1) is 13.7. The van der Waals surface area contributed by atoms with Crippen LogP contribution in [0, 0.1) is 0 Å². The summed E-state index contributed by atoms with van der Waals surface area (Å²) in [6.45, 7) is 6.57. The van der Waals surface area contributed by atoms with Gasteiger partial charge in [-0.2, -0.15) is 0 Å². The lowest BCUT2D eigenvalue weighted by Gasteiger charge is -2.06. The molecule has 2 rings (SSSR count). The van der Waals surface area contributed by atoms with Crippen LogP contribution in [0.25, 0.3) is 11.3 Å². The smallest absolute Gasteiger partial charge is 0.132 e. The number of nitrogen functional groups attached to an aromatic ring is 1. The van der Waals surface area contributed by atoms with Gasteiger partial charge in [-0.1, -0.05) is 36.7 Å². The predicted octanol–water partition coefficient (Wildman–Crippen LogP) is 3.92. The molecule has 0 saturated carbocycles. The first-order valence-corrected chi connectivity index (χ1v) is 6.76. The summed E-state index contributed by atoms with van der Waals surface area (Å²) in [5.74, 6) is 1.67. The molecule has 0 saturated heterocycles. The fourth-order valence-electron chi connectivity index (χ4n) is 2.11. The van der Waals surface area contributed by atoms with Crippen LogP contribution in [-0.4, -0.2) is 9.55 Å². The Morgan fingerprint density at radius 1 is 1.47 bits per heavy atom. The van der Waals surface area contributed by atoms with Crippen molar-refractivity contribution in [3.8, 4) is 11.3 Å². The first-order chi connectivity index (χ1) is 9.17. The Balaban J connectivity index is 2.51. The molecule has 0 aliphatic rings. The molecule has 0 aliphatic heterocycles. The average molecular weight is 276 g/mol. The second-order valence-corrected chi connectivity index (χ2v) is 4.86. The minimum atomic E-state index is 0.672. The lowest BCUT2D eigenvalue weighted by molar-refractivity contribution is 0.724. The van der Waals surface area contributed by atoms with Gasteiger partial charge >= 0.3 is 0 Å². The van der Waals surface area contributed by atoms with Crippen molar-refractivity contribution in [3.63, 3.8) is 0 Å². The van der Waals surface area contributed by atoms with Gasteiger partial charge < -0.3 is 10.3 Å². The molecule has 1 aromatic carbocycles. The second kappa shape index (κ2) is 5.93. The van der Waals surface area contributed by atoms with Crippen molar-refractivity contribution < 1.29 is 0 Å². The first-order valence-electron chi connectivity index (χ1n) is 6.39. The van der Waals surface area contributed by atoms with E-state index in [1.807, 2.05) is 34.9 Å². The molecule has 0 radical (unpaired) electrons. The van der Waals surface area contributed by atoms with Gasteiger partial charge in [0.15, 0.2) is 0 Å². The number of anilines is 1. The number of aryl methyl sites for hydroxylation is 1. The maximum absolute atomic E-state index is 6.21. The second-order valence-electron chi connectivity index (χ2n) is 4.42. The molecule has 0 atom stereocenters. The topological polar surface area (TPSA) is 43.8 Å². The SMILES string of the molecule is C=CCn1c(CCC)nc(-c2cccc(Cl)c2)c1N. The van der Waals surface area contributed by atoms with E-state index in [0.29, 0.717) is 17.4 Å². The number of nitrogens with two attached hydrogens (primary N) is 1. The Morgan fingerprint density at radius 3 is 2.89 bits per heavy atom. The highest BCUT2D eigenvalue weighted by Gasteiger charge is 2.14. The molecule has 3 nitrogen and oxygen atoms in total. The van der Waals surface area contributed by atoms with Crippen LogP contribution in [0.3, 0.4) is 0 Å². The lowest BCUT2D eigenvalue weighted by Crippen LogP contribution is -2.05. The van der Waals surface area contributed by atoms with Crippen molar-refractivity contribution in [1.29, 1.82) is 0 Å². The summed E-state index contributed by atoms with van der Waals surface area (Å²) in [6.07, 6.45) is 3.76. The van der Waals surface area contributed by atoms with E-state index in [1.54, 1.807) is 0 Å². The predicted molar refractivity (Wildman–Crippen MR) is 81.3 cm³/mol. The summed E-state index contributed by atoms with van der Waals surface area (Å²) in [5, 5.41) is 0.687. The molecule has 2 N–H and O–H groups in total. The van der Waals surface area contributed by atoms with Crippen molar-refractivity contribution in [2.75, 3.05) is 5.73 Å². The number of allylic oxidation sites excluding steroid dienone is 1. The largest absolute Gasteiger partial charge is 0.383 e. The maximum Gasteiger partial charge on any atom is 0.132 e. The minimum Gasteiger partial charge on any atom is -0.383 e. The van der Waals surface area contributed by atoms with Crippen molar-refractivity contribution in [3.05, 3.63) is 47.8 Å². The molecule has 0 spiro atoms. The van der Waals surface area contributed by atoms with Gasteiger partial charge in [0.1, 0.15) is 17.3 Å². The van der Waals surface area contributed by atoms with Crippen LogP contribution in [0.5, 0.6) is 0 Å². The van der Waals surface area contributed by atoms with Crippen molar-refractivity contribution in [1.82, 2.24) is 9.55 Å². The Labute approximate surface area is 118 Å². The zero-order valence-corrected chi connectivity index (χ0v) is 11.8. The van der Waals surface area contributed by atoms with Gasteiger partial charge in [-0.3, -0.25) is 0 Å². The number of benzene rings is 1. The summed E-state index contributed by atoms with van der Waals surface area (Å²) in [6, 6.07) is 7.60. The molecule has 0 bridgehead atoms. The standard InChI is InChI=1S/C15H18ClN3/c1-3-6-13-18-14(15(17)19(13)9-4-2)11-7-5-8-12(16)10-11/h4-5,7-8,10H,2-3,6,9,17H2,1H3. The van der Waals surface area contributed by atoms with Crippen molar-refractivity contribution in [2.24, 2.45) is 0 Å². The molecule has 19 heavy (non-hydrogen) atoms. The Morgan fingerprint density at radius 2 is 2.26 bits per heavy atom. The van der Waals surface area contributed by atoms with Gasteiger partial charge in [-0.05, 0) is 18.6 Å². The van der Waals surface area contributed by atoms with Gasteiger partial charge in [-0.25, -0.2) is 4.98 Å². The Bertz CT molecular complexity index is 587. The molecular weight excluding hydrogens is 258 g/mol. The highest BCUT2D eigenvalue weighted by molar-refractivity contribution is 6.30. The average Bonchev–Trinajstić information content (AvgIpc) is 2.69. The third-order valence-corrected chi connectivity index (χ3v) is 3.20. The van der Waals surface area contributed by atoms with Crippen molar-refractivity contribution >= 4 is 17.4 Å². The number of nitrogens with zero attached hydrogens (tertiary/aromatic N) is 2. The summed E-state index contributed by atoms with van der Waals surface area (Å²) in [5.41, 5.74) is 7.96. The minimum absolute atomic E-state index is 0.672. The summed E-state index contributed by atoms with van der Waals surface area (Å²) < 4.78 is 2.01. The number of imidazole rings is 1. The Kier molecular flexibility index (Phi) is 4.27. The van der Waals surface area contributed by atoms with E-state index in [1.165, 1.54) is 0 Å². The van der Waals surface area contributed by atoms with E-state index in [4.69, 9.17) is 17.3 Å². The van der Waals surface area contributed by atoms with E-state index >= 15 is 0 Å². The molecule has 0 unspecified atom stereocenters. The molecule has 0 fully saturated rings. The van der Waals surface area contributed by atoms with Crippen LogP contribution in [0.4, 0.5) is 5.82 Å².